The number of benzene rings is 4. The summed E-state index contributed by atoms with van der Waals surface area (Å²) in [6, 6.07) is 32.6. The van der Waals surface area contributed by atoms with Gasteiger partial charge in [0.1, 0.15) is 0 Å². The van der Waals surface area contributed by atoms with Crippen LogP contribution in [0.5, 0.6) is 0 Å². The number of methoxy groups -OCH3 is 3. The van der Waals surface area contributed by atoms with E-state index in [2.05, 4.69) is 91.0 Å². The predicted molar refractivity (Wildman–Crippen MR) is 135 cm³/mol. The molecule has 0 spiro atoms. The Morgan fingerprint density at radius 3 is 0.818 bits per heavy atom. The summed E-state index contributed by atoms with van der Waals surface area (Å²) in [5.74, 6) is 0. The number of ether oxygens (including phenoxy) is 3. The summed E-state index contributed by atoms with van der Waals surface area (Å²) < 4.78 is 15.8. The fourth-order valence-corrected chi connectivity index (χ4v) is 4.01. The van der Waals surface area contributed by atoms with Gasteiger partial charge >= 0.3 is 0 Å². The van der Waals surface area contributed by atoms with Gasteiger partial charge in [0, 0.05) is 21.3 Å². The molecular weight excluding hydrogens is 408 g/mol. The van der Waals surface area contributed by atoms with Crippen molar-refractivity contribution < 1.29 is 14.2 Å². The smallest absolute Gasteiger partial charge is 0.0713 e. The van der Waals surface area contributed by atoms with Crippen molar-refractivity contribution in [2.45, 2.75) is 19.8 Å². The highest BCUT2D eigenvalue weighted by atomic mass is 16.5. The van der Waals surface area contributed by atoms with Crippen LogP contribution in [0.25, 0.3) is 33.4 Å². The Labute approximate surface area is 196 Å². The molecule has 0 N–H and O–H groups in total. The molecule has 168 valence electrons. The van der Waals surface area contributed by atoms with Crippen LogP contribution in [-0.4, -0.2) is 21.3 Å². The first-order chi connectivity index (χ1) is 16.2. The summed E-state index contributed by atoms with van der Waals surface area (Å²) in [5.41, 5.74) is 10.6. The maximum atomic E-state index is 5.26. The standard InChI is InChI=1S/C30H30O3/c1-31-19-22-4-10-25(11-5-22)28-16-29(26-12-6-23(7-13-26)20-32-2)18-30(17-28)27-14-8-24(9-15-27)21-33-3/h4-18H,19-21H2,1-3H3. The Morgan fingerprint density at radius 2 is 0.606 bits per heavy atom. The van der Waals surface area contributed by atoms with Crippen molar-refractivity contribution >= 4 is 0 Å². The highest BCUT2D eigenvalue weighted by molar-refractivity contribution is 5.81. The Hall–Kier alpha value is -3.24. The summed E-state index contributed by atoms with van der Waals surface area (Å²) >= 11 is 0. The largest absolute Gasteiger partial charge is 0.380 e. The van der Waals surface area contributed by atoms with Crippen molar-refractivity contribution in [1.82, 2.24) is 0 Å². The summed E-state index contributed by atoms with van der Waals surface area (Å²) in [4.78, 5) is 0. The van der Waals surface area contributed by atoms with Crippen LogP contribution in [0, 0.1) is 0 Å². The van der Waals surface area contributed by atoms with E-state index in [9.17, 15) is 0 Å². The second-order valence-electron chi connectivity index (χ2n) is 8.19. The van der Waals surface area contributed by atoms with E-state index < -0.39 is 0 Å². The van der Waals surface area contributed by atoms with E-state index in [1.165, 1.54) is 50.1 Å². The molecular formula is C30H30O3. The van der Waals surface area contributed by atoms with Crippen molar-refractivity contribution in [1.29, 1.82) is 0 Å². The zero-order chi connectivity index (χ0) is 23.0. The minimum atomic E-state index is 0.618. The third-order valence-electron chi connectivity index (χ3n) is 5.73. The van der Waals surface area contributed by atoms with Gasteiger partial charge in [-0.3, -0.25) is 0 Å². The van der Waals surface area contributed by atoms with Gasteiger partial charge in [0.2, 0.25) is 0 Å². The highest BCUT2D eigenvalue weighted by Gasteiger charge is 2.08. The number of hydrogen-bond donors (Lipinski definition) is 0. The van der Waals surface area contributed by atoms with E-state index in [-0.39, 0.29) is 0 Å². The second-order valence-corrected chi connectivity index (χ2v) is 8.19. The van der Waals surface area contributed by atoms with Gasteiger partial charge in [-0.2, -0.15) is 0 Å². The van der Waals surface area contributed by atoms with E-state index in [0.29, 0.717) is 19.8 Å². The Kier molecular flexibility index (Phi) is 7.69. The molecule has 0 heterocycles. The molecule has 4 aromatic rings. The summed E-state index contributed by atoms with van der Waals surface area (Å²) in [6.45, 7) is 1.85. The maximum Gasteiger partial charge on any atom is 0.0713 e. The molecule has 0 saturated heterocycles. The van der Waals surface area contributed by atoms with Gasteiger partial charge < -0.3 is 14.2 Å². The molecule has 0 saturated carbocycles. The molecule has 0 unspecified atom stereocenters. The van der Waals surface area contributed by atoms with Gasteiger partial charge in [0.15, 0.2) is 0 Å². The molecule has 0 radical (unpaired) electrons. The molecule has 4 aromatic carbocycles. The Balaban J connectivity index is 1.76. The molecule has 3 nitrogen and oxygen atoms in total. The van der Waals surface area contributed by atoms with Crippen LogP contribution in [0.15, 0.2) is 91.0 Å². The van der Waals surface area contributed by atoms with Crippen LogP contribution in [0.1, 0.15) is 16.7 Å². The monoisotopic (exact) mass is 438 g/mol. The molecule has 4 rings (SSSR count). The van der Waals surface area contributed by atoms with Gasteiger partial charge in [-0.15, -0.1) is 0 Å². The van der Waals surface area contributed by atoms with E-state index >= 15 is 0 Å². The second kappa shape index (κ2) is 11.1. The lowest BCUT2D eigenvalue weighted by atomic mass is 9.92. The molecule has 0 amide bonds. The minimum Gasteiger partial charge on any atom is -0.380 e. The van der Waals surface area contributed by atoms with Crippen LogP contribution < -0.4 is 0 Å². The average Bonchev–Trinajstić information content (AvgIpc) is 2.86. The first kappa shape index (κ1) is 22.9. The number of hydrogen-bond acceptors (Lipinski definition) is 3. The lowest BCUT2D eigenvalue weighted by Crippen LogP contribution is -1.90. The molecule has 0 bridgehead atoms. The highest BCUT2D eigenvalue weighted by Crippen LogP contribution is 2.33. The fourth-order valence-electron chi connectivity index (χ4n) is 4.01. The predicted octanol–water partition coefficient (Wildman–Crippen LogP) is 7.13. The molecule has 0 aliphatic rings. The summed E-state index contributed by atoms with van der Waals surface area (Å²) in [7, 11) is 5.17. The average molecular weight is 439 g/mol. The van der Waals surface area contributed by atoms with Gasteiger partial charge in [-0.25, -0.2) is 0 Å². The molecule has 0 fully saturated rings. The molecule has 33 heavy (non-hydrogen) atoms. The first-order valence-corrected chi connectivity index (χ1v) is 11.1. The fraction of sp³-hybridized carbons (Fsp3) is 0.200. The zero-order valence-electron chi connectivity index (χ0n) is 19.5. The van der Waals surface area contributed by atoms with Crippen molar-refractivity contribution in [3.8, 4) is 33.4 Å². The topological polar surface area (TPSA) is 27.7 Å². The number of rotatable bonds is 9. The Morgan fingerprint density at radius 1 is 0.364 bits per heavy atom. The molecule has 3 heteroatoms. The van der Waals surface area contributed by atoms with Crippen LogP contribution in [0.4, 0.5) is 0 Å². The van der Waals surface area contributed by atoms with Gasteiger partial charge in [-0.05, 0) is 68.3 Å². The van der Waals surface area contributed by atoms with Crippen molar-refractivity contribution in [3.05, 3.63) is 108 Å². The van der Waals surface area contributed by atoms with E-state index in [1.54, 1.807) is 21.3 Å². The molecule has 0 aliphatic heterocycles. The van der Waals surface area contributed by atoms with E-state index in [1.807, 2.05) is 0 Å². The van der Waals surface area contributed by atoms with E-state index in [0.717, 1.165) is 0 Å². The maximum absolute atomic E-state index is 5.26. The SMILES string of the molecule is COCc1ccc(-c2cc(-c3ccc(COC)cc3)cc(-c3ccc(COC)cc3)c2)cc1. The normalized spacial score (nSPS) is 11.0. The third kappa shape index (κ3) is 5.77. The van der Waals surface area contributed by atoms with Crippen molar-refractivity contribution in [3.63, 3.8) is 0 Å². The molecule has 0 atom stereocenters. The van der Waals surface area contributed by atoms with Crippen LogP contribution >= 0.6 is 0 Å². The van der Waals surface area contributed by atoms with Gasteiger partial charge in [-0.1, -0.05) is 72.8 Å². The van der Waals surface area contributed by atoms with Crippen molar-refractivity contribution in [2.75, 3.05) is 21.3 Å². The Bertz CT molecular complexity index is 997. The lowest BCUT2D eigenvalue weighted by Gasteiger charge is -2.13. The first-order valence-electron chi connectivity index (χ1n) is 11.1. The van der Waals surface area contributed by atoms with Gasteiger partial charge in [0.25, 0.3) is 0 Å². The lowest BCUT2D eigenvalue weighted by molar-refractivity contribution is 0.185. The molecule has 0 aliphatic carbocycles. The summed E-state index contributed by atoms with van der Waals surface area (Å²) in [6.07, 6.45) is 0. The third-order valence-corrected chi connectivity index (χ3v) is 5.73. The molecule has 0 aromatic heterocycles. The quantitative estimate of drug-likeness (QED) is 0.278. The van der Waals surface area contributed by atoms with Crippen LogP contribution in [-0.2, 0) is 34.0 Å². The minimum absolute atomic E-state index is 0.618. The van der Waals surface area contributed by atoms with Crippen LogP contribution in [0.3, 0.4) is 0 Å². The summed E-state index contributed by atoms with van der Waals surface area (Å²) in [5, 5.41) is 0. The zero-order valence-corrected chi connectivity index (χ0v) is 19.5. The van der Waals surface area contributed by atoms with Gasteiger partial charge in [0.05, 0.1) is 19.8 Å². The van der Waals surface area contributed by atoms with Crippen molar-refractivity contribution in [2.24, 2.45) is 0 Å². The van der Waals surface area contributed by atoms with E-state index in [4.69, 9.17) is 14.2 Å². The van der Waals surface area contributed by atoms with Crippen LogP contribution in [0.2, 0.25) is 0 Å².